The van der Waals surface area contributed by atoms with Crippen LogP contribution in [0.3, 0.4) is 0 Å². The molecular weight excluding hydrogens is 154 g/mol. The zero-order valence-corrected chi connectivity index (χ0v) is 8.09. The second kappa shape index (κ2) is 4.45. The fourth-order valence-corrected chi connectivity index (χ4v) is 0.704. The van der Waals surface area contributed by atoms with Crippen molar-refractivity contribution < 1.29 is 9.53 Å². The van der Waals surface area contributed by atoms with Crippen molar-refractivity contribution in [2.75, 3.05) is 6.54 Å². The highest BCUT2D eigenvalue weighted by Crippen LogP contribution is 2.12. The lowest BCUT2D eigenvalue weighted by atomic mass is 10.1. The Morgan fingerprint density at radius 2 is 2.08 bits per heavy atom. The monoisotopic (exact) mass is 172 g/mol. The average molecular weight is 172 g/mol. The van der Waals surface area contributed by atoms with Gasteiger partial charge < -0.3 is 10.5 Å². The highest BCUT2D eigenvalue weighted by atomic mass is 16.6. The zero-order valence-electron chi connectivity index (χ0n) is 8.09. The van der Waals surface area contributed by atoms with E-state index in [1.54, 1.807) is 0 Å². The Labute approximate surface area is 74.3 Å². The second-order valence-corrected chi connectivity index (χ2v) is 3.81. The molecule has 0 aromatic heterocycles. The van der Waals surface area contributed by atoms with Crippen LogP contribution in [-0.4, -0.2) is 18.1 Å². The summed E-state index contributed by atoms with van der Waals surface area (Å²) in [5.74, 6) is -0.609. The SMILES string of the molecule is [CH2][C@@H](CCN)C(=O)OC(C)(C)C. The molecule has 1 atom stereocenters. The summed E-state index contributed by atoms with van der Waals surface area (Å²) < 4.78 is 5.10. The summed E-state index contributed by atoms with van der Waals surface area (Å²) >= 11 is 0. The largest absolute Gasteiger partial charge is 0.460 e. The molecule has 0 fully saturated rings. The van der Waals surface area contributed by atoms with E-state index in [0.29, 0.717) is 13.0 Å². The average Bonchev–Trinajstić information content (AvgIpc) is 1.84. The fourth-order valence-electron chi connectivity index (χ4n) is 0.704. The number of rotatable bonds is 3. The van der Waals surface area contributed by atoms with Crippen molar-refractivity contribution in [3.8, 4) is 0 Å². The Morgan fingerprint density at radius 3 is 2.42 bits per heavy atom. The molecule has 0 amide bonds. The molecule has 0 rings (SSSR count). The Bertz CT molecular complexity index is 149. The maximum Gasteiger partial charge on any atom is 0.309 e. The highest BCUT2D eigenvalue weighted by molar-refractivity contribution is 5.73. The van der Waals surface area contributed by atoms with E-state index in [0.717, 1.165) is 0 Å². The normalized spacial score (nSPS) is 14.1. The predicted molar refractivity (Wildman–Crippen MR) is 48.4 cm³/mol. The van der Waals surface area contributed by atoms with Gasteiger partial charge in [-0.25, -0.2) is 0 Å². The van der Waals surface area contributed by atoms with Gasteiger partial charge in [0.1, 0.15) is 5.60 Å². The van der Waals surface area contributed by atoms with E-state index in [1.807, 2.05) is 20.8 Å². The summed E-state index contributed by atoms with van der Waals surface area (Å²) in [5, 5.41) is 0. The lowest BCUT2D eigenvalue weighted by Gasteiger charge is -2.21. The van der Waals surface area contributed by atoms with Crippen molar-refractivity contribution in [1.82, 2.24) is 0 Å². The molecule has 3 heteroatoms. The molecule has 0 bridgehead atoms. The molecule has 3 nitrogen and oxygen atoms in total. The molecule has 0 saturated heterocycles. The summed E-state index contributed by atoms with van der Waals surface area (Å²) in [4.78, 5) is 11.2. The minimum absolute atomic E-state index is 0.270. The highest BCUT2D eigenvalue weighted by Gasteiger charge is 2.20. The smallest absolute Gasteiger partial charge is 0.309 e. The fraction of sp³-hybridized carbons (Fsp3) is 0.778. The van der Waals surface area contributed by atoms with Crippen LogP contribution >= 0.6 is 0 Å². The Hall–Kier alpha value is -0.570. The molecule has 0 aromatic carbocycles. The van der Waals surface area contributed by atoms with Gasteiger partial charge in [-0.3, -0.25) is 4.79 Å². The van der Waals surface area contributed by atoms with E-state index in [1.165, 1.54) is 0 Å². The van der Waals surface area contributed by atoms with E-state index in [9.17, 15) is 4.79 Å². The molecule has 0 aromatic rings. The van der Waals surface area contributed by atoms with Gasteiger partial charge in [0, 0.05) is 0 Å². The lowest BCUT2D eigenvalue weighted by molar-refractivity contribution is -0.158. The third kappa shape index (κ3) is 5.13. The Balaban J connectivity index is 3.87. The molecule has 71 valence electrons. The van der Waals surface area contributed by atoms with Gasteiger partial charge in [-0.05, 0) is 40.7 Å². The van der Waals surface area contributed by atoms with Gasteiger partial charge in [0.2, 0.25) is 0 Å². The van der Waals surface area contributed by atoms with Crippen LogP contribution in [0.5, 0.6) is 0 Å². The van der Waals surface area contributed by atoms with Gasteiger partial charge in [-0.15, -0.1) is 0 Å². The Morgan fingerprint density at radius 1 is 1.58 bits per heavy atom. The number of carbonyl (C=O) groups is 1. The first-order valence-corrected chi connectivity index (χ1v) is 4.13. The molecule has 0 saturated carbocycles. The molecular formula is C9H18NO2. The molecule has 0 aliphatic rings. The van der Waals surface area contributed by atoms with Crippen molar-refractivity contribution in [2.45, 2.75) is 32.8 Å². The van der Waals surface area contributed by atoms with Crippen LogP contribution in [0.4, 0.5) is 0 Å². The first kappa shape index (κ1) is 11.4. The van der Waals surface area contributed by atoms with Gasteiger partial charge in [0.15, 0.2) is 0 Å². The standard InChI is InChI=1S/C9H18NO2/c1-7(5-6-10)8(11)12-9(2,3)4/h7H,1,5-6,10H2,2-4H3/t7-/m0/s1. The second-order valence-electron chi connectivity index (χ2n) is 3.81. The third-order valence-electron chi connectivity index (χ3n) is 1.26. The van der Waals surface area contributed by atoms with E-state index in [2.05, 4.69) is 6.92 Å². The zero-order chi connectivity index (χ0) is 9.78. The van der Waals surface area contributed by atoms with Gasteiger partial charge in [0.25, 0.3) is 0 Å². The molecule has 0 aliphatic carbocycles. The number of ether oxygens (including phenoxy) is 1. The number of nitrogens with two attached hydrogens (primary N) is 1. The quantitative estimate of drug-likeness (QED) is 0.649. The number of carbonyl (C=O) groups excluding carboxylic acids is 1. The van der Waals surface area contributed by atoms with Crippen LogP contribution in [0.1, 0.15) is 27.2 Å². The van der Waals surface area contributed by atoms with Crippen molar-refractivity contribution in [2.24, 2.45) is 11.7 Å². The van der Waals surface area contributed by atoms with E-state index >= 15 is 0 Å². The summed E-state index contributed by atoms with van der Waals surface area (Å²) in [6.45, 7) is 9.62. The summed E-state index contributed by atoms with van der Waals surface area (Å²) in [6.07, 6.45) is 0.578. The molecule has 0 unspecified atom stereocenters. The van der Waals surface area contributed by atoms with Crippen molar-refractivity contribution in [1.29, 1.82) is 0 Å². The Kier molecular flexibility index (Phi) is 4.24. The van der Waals surface area contributed by atoms with E-state index < -0.39 is 5.60 Å². The van der Waals surface area contributed by atoms with Crippen LogP contribution < -0.4 is 5.73 Å². The van der Waals surface area contributed by atoms with E-state index in [-0.39, 0.29) is 11.9 Å². The molecule has 2 N–H and O–H groups in total. The number of hydrogen-bond acceptors (Lipinski definition) is 3. The molecule has 0 spiro atoms. The maximum absolute atomic E-state index is 11.2. The first-order valence-electron chi connectivity index (χ1n) is 4.13. The van der Waals surface area contributed by atoms with Crippen LogP contribution in [0.15, 0.2) is 0 Å². The molecule has 12 heavy (non-hydrogen) atoms. The minimum atomic E-state index is -0.429. The van der Waals surface area contributed by atoms with Crippen molar-refractivity contribution in [3.63, 3.8) is 0 Å². The minimum Gasteiger partial charge on any atom is -0.460 e. The molecule has 1 radical (unpaired) electrons. The van der Waals surface area contributed by atoms with Crippen LogP contribution in [0, 0.1) is 12.8 Å². The lowest BCUT2D eigenvalue weighted by Crippen LogP contribution is -2.28. The number of hydrogen-bond donors (Lipinski definition) is 1. The summed E-state index contributed by atoms with van der Waals surface area (Å²) in [6, 6.07) is 0. The van der Waals surface area contributed by atoms with Crippen molar-refractivity contribution >= 4 is 5.97 Å². The van der Waals surface area contributed by atoms with Gasteiger partial charge in [0.05, 0.1) is 5.92 Å². The molecule has 0 aliphatic heterocycles. The predicted octanol–water partition coefficient (Wildman–Crippen LogP) is 1.13. The maximum atomic E-state index is 11.2. The molecule has 0 heterocycles. The third-order valence-corrected chi connectivity index (χ3v) is 1.26. The van der Waals surface area contributed by atoms with Crippen LogP contribution in [0.25, 0.3) is 0 Å². The van der Waals surface area contributed by atoms with Gasteiger partial charge >= 0.3 is 5.97 Å². The summed E-state index contributed by atoms with van der Waals surface area (Å²) in [5.41, 5.74) is 4.85. The first-order chi connectivity index (χ1) is 5.37. The van der Waals surface area contributed by atoms with Gasteiger partial charge in [-0.2, -0.15) is 0 Å². The summed E-state index contributed by atoms with van der Waals surface area (Å²) in [7, 11) is 0. The van der Waals surface area contributed by atoms with Crippen molar-refractivity contribution in [3.05, 3.63) is 6.92 Å². The van der Waals surface area contributed by atoms with Crippen LogP contribution in [0.2, 0.25) is 0 Å². The topological polar surface area (TPSA) is 52.3 Å². The number of esters is 1. The van der Waals surface area contributed by atoms with Crippen LogP contribution in [-0.2, 0) is 9.53 Å². The van der Waals surface area contributed by atoms with E-state index in [4.69, 9.17) is 10.5 Å². The van der Waals surface area contributed by atoms with Gasteiger partial charge in [-0.1, -0.05) is 0 Å².